The van der Waals surface area contributed by atoms with E-state index in [4.69, 9.17) is 0 Å². The Labute approximate surface area is 139 Å². The maximum atomic E-state index is 10.8. The average molecular weight is 310 g/mol. The van der Waals surface area contributed by atoms with Crippen molar-refractivity contribution in [1.82, 2.24) is 4.90 Å². The normalized spacial score (nSPS) is 17.0. The van der Waals surface area contributed by atoms with E-state index in [1.165, 1.54) is 90.3 Å². The van der Waals surface area contributed by atoms with Crippen LogP contribution in [-0.4, -0.2) is 30.3 Å². The van der Waals surface area contributed by atoms with E-state index < -0.39 is 0 Å². The van der Waals surface area contributed by atoms with Gasteiger partial charge in [-0.15, -0.1) is 0 Å². The zero-order valence-electron chi connectivity index (χ0n) is 15.2. The fourth-order valence-corrected chi connectivity index (χ4v) is 3.41. The van der Waals surface area contributed by atoms with Crippen LogP contribution >= 0.6 is 0 Å². The topological polar surface area (TPSA) is 20.3 Å². The van der Waals surface area contributed by atoms with Crippen LogP contribution in [0.5, 0.6) is 0 Å². The molecule has 0 aromatic heterocycles. The number of rotatable bonds is 13. The number of hydrogen-bond donors (Lipinski definition) is 0. The summed E-state index contributed by atoms with van der Waals surface area (Å²) in [5.74, 6) is 1.30. The average Bonchev–Trinajstić information content (AvgIpc) is 2.50. The second kappa shape index (κ2) is 13.1. The molecule has 0 bridgehead atoms. The van der Waals surface area contributed by atoms with Gasteiger partial charge in [-0.1, -0.05) is 58.3 Å². The summed E-state index contributed by atoms with van der Waals surface area (Å²) in [5, 5.41) is 0. The van der Waals surface area contributed by atoms with E-state index in [0.717, 1.165) is 18.8 Å². The molecule has 0 aromatic carbocycles. The minimum absolute atomic E-state index is 0.346. The summed E-state index contributed by atoms with van der Waals surface area (Å²) in [6, 6.07) is 0. The number of hydrogen-bond acceptors (Lipinski definition) is 2. The van der Waals surface area contributed by atoms with Crippen LogP contribution in [0.15, 0.2) is 0 Å². The molecule has 0 amide bonds. The van der Waals surface area contributed by atoms with Crippen LogP contribution in [-0.2, 0) is 4.79 Å². The molecule has 2 nitrogen and oxygen atoms in total. The van der Waals surface area contributed by atoms with Crippen molar-refractivity contribution in [1.29, 1.82) is 0 Å². The Kier molecular flexibility index (Phi) is 11.7. The third-order valence-electron chi connectivity index (χ3n) is 5.13. The van der Waals surface area contributed by atoms with Crippen molar-refractivity contribution in [2.45, 2.75) is 97.3 Å². The molecule has 1 rings (SSSR count). The predicted octanol–water partition coefficient (Wildman–Crippen LogP) is 5.60. The van der Waals surface area contributed by atoms with Gasteiger partial charge in [-0.25, -0.2) is 0 Å². The van der Waals surface area contributed by atoms with Crippen molar-refractivity contribution < 1.29 is 4.79 Å². The number of piperidine rings is 1. The number of ketones is 1. The Hall–Kier alpha value is -0.370. The lowest BCUT2D eigenvalue weighted by Crippen LogP contribution is -2.33. The standard InChI is InChI=1S/C20H39NO/c1-19-14-17-21(18-15-19)16-12-10-8-6-4-3-5-7-9-11-13-20(2)22/h19H,3-18H2,1-2H3. The second-order valence-corrected chi connectivity index (χ2v) is 7.51. The zero-order chi connectivity index (χ0) is 16.0. The lowest BCUT2D eigenvalue weighted by molar-refractivity contribution is -0.117. The highest BCUT2D eigenvalue weighted by molar-refractivity contribution is 5.75. The minimum atomic E-state index is 0.346. The van der Waals surface area contributed by atoms with Crippen LogP contribution in [0, 0.1) is 5.92 Å². The molecule has 1 aliphatic rings. The maximum absolute atomic E-state index is 10.8. The van der Waals surface area contributed by atoms with Crippen molar-refractivity contribution >= 4 is 5.78 Å². The van der Waals surface area contributed by atoms with E-state index >= 15 is 0 Å². The summed E-state index contributed by atoms with van der Waals surface area (Å²) in [6.45, 7) is 8.10. The Morgan fingerprint density at radius 3 is 1.77 bits per heavy atom. The smallest absolute Gasteiger partial charge is 0.129 e. The molecule has 0 atom stereocenters. The summed E-state index contributed by atoms with van der Waals surface area (Å²) in [5.41, 5.74) is 0. The Bertz CT molecular complexity index is 269. The van der Waals surface area contributed by atoms with Crippen molar-refractivity contribution in [3.05, 3.63) is 0 Å². The maximum Gasteiger partial charge on any atom is 0.129 e. The SMILES string of the molecule is CC(=O)CCCCCCCCCCCCN1CCC(C)CC1. The van der Waals surface area contributed by atoms with Crippen molar-refractivity contribution in [3.63, 3.8) is 0 Å². The van der Waals surface area contributed by atoms with Gasteiger partial charge in [0.15, 0.2) is 0 Å². The lowest BCUT2D eigenvalue weighted by Gasteiger charge is -2.30. The van der Waals surface area contributed by atoms with Gasteiger partial charge in [0.1, 0.15) is 5.78 Å². The molecule has 2 heteroatoms. The quantitative estimate of drug-likeness (QED) is 0.413. The first-order valence-corrected chi connectivity index (χ1v) is 9.90. The summed E-state index contributed by atoms with van der Waals surface area (Å²) >= 11 is 0. The van der Waals surface area contributed by atoms with E-state index in [9.17, 15) is 4.79 Å². The first-order chi connectivity index (χ1) is 10.7. The molecule has 0 N–H and O–H groups in total. The predicted molar refractivity (Wildman–Crippen MR) is 96.3 cm³/mol. The van der Waals surface area contributed by atoms with E-state index in [2.05, 4.69) is 11.8 Å². The van der Waals surface area contributed by atoms with E-state index in [-0.39, 0.29) is 0 Å². The van der Waals surface area contributed by atoms with E-state index in [0.29, 0.717) is 5.78 Å². The Morgan fingerprint density at radius 2 is 1.27 bits per heavy atom. The molecule has 1 fully saturated rings. The molecule has 0 radical (unpaired) electrons. The molecule has 0 aromatic rings. The molecule has 1 heterocycles. The molecule has 0 aliphatic carbocycles. The third-order valence-corrected chi connectivity index (χ3v) is 5.13. The van der Waals surface area contributed by atoms with E-state index in [1.807, 2.05) is 0 Å². The van der Waals surface area contributed by atoms with Crippen molar-refractivity contribution in [3.8, 4) is 0 Å². The number of likely N-dealkylation sites (tertiary alicyclic amines) is 1. The first-order valence-electron chi connectivity index (χ1n) is 9.90. The number of carbonyl (C=O) groups excluding carboxylic acids is 1. The largest absolute Gasteiger partial charge is 0.303 e. The molecule has 0 unspecified atom stereocenters. The number of unbranched alkanes of at least 4 members (excludes halogenated alkanes) is 9. The Balaban J connectivity index is 1.74. The van der Waals surface area contributed by atoms with Crippen molar-refractivity contribution in [2.24, 2.45) is 5.92 Å². The van der Waals surface area contributed by atoms with Crippen LogP contribution < -0.4 is 0 Å². The highest BCUT2D eigenvalue weighted by atomic mass is 16.1. The van der Waals surface area contributed by atoms with Gasteiger partial charge in [0.05, 0.1) is 0 Å². The summed E-state index contributed by atoms with van der Waals surface area (Å²) in [6.07, 6.45) is 17.1. The monoisotopic (exact) mass is 309 g/mol. The Morgan fingerprint density at radius 1 is 0.818 bits per heavy atom. The molecular formula is C20H39NO. The number of nitrogens with zero attached hydrogens (tertiary/aromatic N) is 1. The minimum Gasteiger partial charge on any atom is -0.303 e. The molecule has 130 valence electrons. The van der Waals surface area contributed by atoms with Gasteiger partial charge in [0.2, 0.25) is 0 Å². The number of Topliss-reactive ketones (excluding diaryl/α,β-unsaturated/α-hetero) is 1. The summed E-state index contributed by atoms with van der Waals surface area (Å²) in [4.78, 5) is 13.5. The molecule has 0 saturated carbocycles. The van der Waals surface area contributed by atoms with Gasteiger partial charge in [0.25, 0.3) is 0 Å². The lowest BCUT2D eigenvalue weighted by atomic mass is 9.99. The second-order valence-electron chi connectivity index (χ2n) is 7.51. The fraction of sp³-hybridized carbons (Fsp3) is 0.950. The molecule has 1 aliphatic heterocycles. The number of carbonyl (C=O) groups is 1. The fourth-order valence-electron chi connectivity index (χ4n) is 3.41. The molecule has 1 saturated heterocycles. The third kappa shape index (κ3) is 11.2. The van der Waals surface area contributed by atoms with Crippen LogP contribution in [0.2, 0.25) is 0 Å². The summed E-state index contributed by atoms with van der Waals surface area (Å²) < 4.78 is 0. The van der Waals surface area contributed by atoms with Gasteiger partial charge in [-0.3, -0.25) is 0 Å². The van der Waals surface area contributed by atoms with Crippen LogP contribution in [0.1, 0.15) is 97.3 Å². The molecule has 0 spiro atoms. The summed E-state index contributed by atoms with van der Waals surface area (Å²) in [7, 11) is 0. The van der Waals surface area contributed by atoms with Crippen LogP contribution in [0.3, 0.4) is 0 Å². The van der Waals surface area contributed by atoms with Gasteiger partial charge in [0, 0.05) is 6.42 Å². The van der Waals surface area contributed by atoms with Gasteiger partial charge in [-0.2, -0.15) is 0 Å². The zero-order valence-corrected chi connectivity index (χ0v) is 15.2. The van der Waals surface area contributed by atoms with E-state index in [1.54, 1.807) is 6.92 Å². The van der Waals surface area contributed by atoms with Crippen LogP contribution in [0.25, 0.3) is 0 Å². The van der Waals surface area contributed by atoms with Crippen molar-refractivity contribution in [2.75, 3.05) is 19.6 Å². The first kappa shape index (κ1) is 19.7. The molecular weight excluding hydrogens is 270 g/mol. The highest BCUT2D eigenvalue weighted by Crippen LogP contribution is 2.17. The van der Waals surface area contributed by atoms with Gasteiger partial charge < -0.3 is 9.69 Å². The molecule has 22 heavy (non-hydrogen) atoms. The van der Waals surface area contributed by atoms with Crippen LogP contribution in [0.4, 0.5) is 0 Å². The van der Waals surface area contributed by atoms with Gasteiger partial charge in [-0.05, 0) is 58.2 Å². The van der Waals surface area contributed by atoms with Gasteiger partial charge >= 0.3 is 0 Å². The highest BCUT2D eigenvalue weighted by Gasteiger charge is 2.14.